The van der Waals surface area contributed by atoms with Crippen molar-refractivity contribution in [2.75, 3.05) is 6.54 Å². The summed E-state index contributed by atoms with van der Waals surface area (Å²) in [6.45, 7) is 3.81. The Kier molecular flexibility index (Phi) is 6.81. The molecule has 0 fully saturated rings. The summed E-state index contributed by atoms with van der Waals surface area (Å²) in [6.07, 6.45) is -0.392. The molecule has 0 radical (unpaired) electrons. The zero-order valence-corrected chi connectivity index (χ0v) is 11.2. The van der Waals surface area contributed by atoms with E-state index < -0.39 is 28.1 Å². The van der Waals surface area contributed by atoms with Crippen LogP contribution in [0.25, 0.3) is 0 Å². The van der Waals surface area contributed by atoms with Gasteiger partial charge in [0.15, 0.2) is 0 Å². The van der Waals surface area contributed by atoms with Gasteiger partial charge in [-0.2, -0.15) is 13.1 Å². The van der Waals surface area contributed by atoms with Gasteiger partial charge in [-0.05, 0) is 12.3 Å². The van der Waals surface area contributed by atoms with E-state index in [9.17, 15) is 18.0 Å². The molecule has 0 aromatic carbocycles. The maximum absolute atomic E-state index is 11.5. The Balaban J connectivity index is 4.47. The normalized spacial score (nSPS) is 13.5. The third kappa shape index (κ3) is 7.98. The van der Waals surface area contributed by atoms with Gasteiger partial charge < -0.3 is 10.8 Å². The summed E-state index contributed by atoms with van der Waals surface area (Å²) in [5, 5.41) is 8.82. The molecule has 0 aliphatic carbocycles. The Labute approximate surface area is 106 Å². The van der Waals surface area contributed by atoms with E-state index >= 15 is 0 Å². The van der Waals surface area contributed by atoms with Crippen LogP contribution < -0.4 is 15.2 Å². The second-order valence-corrected chi connectivity index (χ2v) is 5.79. The molecule has 0 unspecified atom stereocenters. The number of carboxylic acids is 1. The van der Waals surface area contributed by atoms with E-state index in [2.05, 4.69) is 4.72 Å². The fourth-order valence-electron chi connectivity index (χ4n) is 1.02. The quantitative estimate of drug-likeness (QED) is 0.420. The van der Waals surface area contributed by atoms with Crippen LogP contribution in [-0.2, 0) is 19.8 Å². The number of carbonyl (C=O) groups excluding carboxylic acids is 1. The van der Waals surface area contributed by atoms with E-state index in [4.69, 9.17) is 10.8 Å². The standard InChI is InChI=1S/C9H19N3O5S/c1-6(2)5-11-18(16,17)12-7(9(14)15)3-4-8(10)13/h6-7,11-12H,3-5H2,1-2H3,(H2,10,13)(H,14,15)/t7-/m1/s1. The van der Waals surface area contributed by atoms with Crippen molar-refractivity contribution in [3.8, 4) is 0 Å². The summed E-state index contributed by atoms with van der Waals surface area (Å²) < 4.78 is 27.2. The fraction of sp³-hybridized carbons (Fsp3) is 0.778. The first-order valence-electron chi connectivity index (χ1n) is 5.42. The molecule has 0 bridgehead atoms. The Hall–Kier alpha value is -1.19. The van der Waals surface area contributed by atoms with Crippen molar-refractivity contribution in [1.82, 2.24) is 9.44 Å². The van der Waals surface area contributed by atoms with Gasteiger partial charge in [0.05, 0.1) is 0 Å². The van der Waals surface area contributed by atoms with Crippen LogP contribution in [0.4, 0.5) is 0 Å². The average molecular weight is 281 g/mol. The zero-order chi connectivity index (χ0) is 14.3. The molecule has 8 nitrogen and oxygen atoms in total. The molecule has 0 aliphatic rings. The maximum atomic E-state index is 11.5. The van der Waals surface area contributed by atoms with Crippen LogP contribution in [-0.4, -0.2) is 38.0 Å². The van der Waals surface area contributed by atoms with Crippen molar-refractivity contribution in [2.45, 2.75) is 32.7 Å². The van der Waals surface area contributed by atoms with E-state index in [1.165, 1.54) is 0 Å². The van der Waals surface area contributed by atoms with E-state index in [0.717, 1.165) is 0 Å². The third-order valence-electron chi connectivity index (χ3n) is 1.96. The lowest BCUT2D eigenvalue weighted by atomic mass is 10.2. The molecule has 1 atom stereocenters. The molecular weight excluding hydrogens is 262 g/mol. The summed E-state index contributed by atoms with van der Waals surface area (Å²) in [5.41, 5.74) is 4.88. The molecule has 5 N–H and O–H groups in total. The van der Waals surface area contributed by atoms with Crippen LogP contribution in [0, 0.1) is 5.92 Å². The smallest absolute Gasteiger partial charge is 0.321 e. The van der Waals surface area contributed by atoms with Gasteiger partial charge in [-0.25, -0.2) is 4.72 Å². The predicted molar refractivity (Wildman–Crippen MR) is 64.7 cm³/mol. The maximum Gasteiger partial charge on any atom is 0.321 e. The minimum Gasteiger partial charge on any atom is -0.480 e. The lowest BCUT2D eigenvalue weighted by Gasteiger charge is -2.15. The summed E-state index contributed by atoms with van der Waals surface area (Å²) in [7, 11) is -3.90. The lowest BCUT2D eigenvalue weighted by Crippen LogP contribution is -2.47. The largest absolute Gasteiger partial charge is 0.480 e. The SMILES string of the molecule is CC(C)CNS(=O)(=O)N[C@H](CCC(N)=O)C(=O)O. The molecule has 0 spiro atoms. The predicted octanol–water partition coefficient (Wildman–Crippen LogP) is -1.21. The molecule has 106 valence electrons. The molecule has 1 amide bonds. The fourth-order valence-corrected chi connectivity index (χ4v) is 2.25. The van der Waals surface area contributed by atoms with Gasteiger partial charge in [0.1, 0.15) is 6.04 Å². The molecule has 0 saturated heterocycles. The molecular formula is C9H19N3O5S. The van der Waals surface area contributed by atoms with Crippen LogP contribution in [0.2, 0.25) is 0 Å². The molecule has 0 rings (SSSR count). The van der Waals surface area contributed by atoms with Crippen molar-refractivity contribution in [1.29, 1.82) is 0 Å². The Morgan fingerprint density at radius 2 is 1.89 bits per heavy atom. The molecule has 0 saturated carbocycles. The number of rotatable bonds is 9. The van der Waals surface area contributed by atoms with Crippen molar-refractivity contribution >= 4 is 22.1 Å². The van der Waals surface area contributed by atoms with Crippen LogP contribution in [0.1, 0.15) is 26.7 Å². The highest BCUT2D eigenvalue weighted by Gasteiger charge is 2.24. The van der Waals surface area contributed by atoms with Gasteiger partial charge in [0.2, 0.25) is 5.91 Å². The minimum atomic E-state index is -3.90. The summed E-state index contributed by atoms with van der Waals surface area (Å²) in [4.78, 5) is 21.4. The van der Waals surface area contributed by atoms with E-state index in [1.807, 2.05) is 18.6 Å². The van der Waals surface area contributed by atoms with Crippen molar-refractivity contribution in [2.24, 2.45) is 11.7 Å². The number of amides is 1. The first-order chi connectivity index (χ1) is 8.14. The number of carbonyl (C=O) groups is 2. The lowest BCUT2D eigenvalue weighted by molar-refractivity contribution is -0.139. The van der Waals surface area contributed by atoms with Crippen molar-refractivity contribution in [3.05, 3.63) is 0 Å². The number of hydrogen-bond donors (Lipinski definition) is 4. The van der Waals surface area contributed by atoms with Gasteiger partial charge >= 0.3 is 5.97 Å². The van der Waals surface area contributed by atoms with Gasteiger partial charge in [0.25, 0.3) is 10.2 Å². The van der Waals surface area contributed by atoms with E-state index in [0.29, 0.717) is 0 Å². The molecule has 0 aromatic heterocycles. The number of carboxylic acid groups (broad SMARTS) is 1. The van der Waals surface area contributed by atoms with Gasteiger partial charge in [0, 0.05) is 13.0 Å². The van der Waals surface area contributed by atoms with Crippen molar-refractivity contribution in [3.63, 3.8) is 0 Å². The second-order valence-electron chi connectivity index (χ2n) is 4.26. The highest BCUT2D eigenvalue weighted by atomic mass is 32.2. The third-order valence-corrected chi connectivity index (χ3v) is 3.10. The first-order valence-corrected chi connectivity index (χ1v) is 6.90. The number of hydrogen-bond acceptors (Lipinski definition) is 4. The summed E-state index contributed by atoms with van der Waals surface area (Å²) >= 11 is 0. The Bertz CT molecular complexity index is 393. The summed E-state index contributed by atoms with van der Waals surface area (Å²) in [6, 6.07) is -1.37. The van der Waals surface area contributed by atoms with E-state index in [-0.39, 0.29) is 25.3 Å². The monoisotopic (exact) mass is 281 g/mol. The van der Waals surface area contributed by atoms with Gasteiger partial charge in [-0.1, -0.05) is 13.8 Å². The van der Waals surface area contributed by atoms with Crippen LogP contribution >= 0.6 is 0 Å². The second kappa shape index (κ2) is 7.29. The molecule has 9 heteroatoms. The summed E-state index contributed by atoms with van der Waals surface area (Å²) in [5.74, 6) is -1.95. The highest BCUT2D eigenvalue weighted by Crippen LogP contribution is 1.99. The van der Waals surface area contributed by atoms with Gasteiger partial charge in [-0.3, -0.25) is 9.59 Å². The number of primary amides is 1. The Morgan fingerprint density at radius 3 is 2.28 bits per heavy atom. The molecule has 0 aliphatic heterocycles. The number of nitrogens with two attached hydrogens (primary N) is 1. The highest BCUT2D eigenvalue weighted by molar-refractivity contribution is 7.87. The topological polar surface area (TPSA) is 139 Å². The van der Waals surface area contributed by atoms with E-state index in [1.54, 1.807) is 0 Å². The van der Waals surface area contributed by atoms with Crippen LogP contribution in [0.15, 0.2) is 0 Å². The first kappa shape index (κ1) is 16.8. The van der Waals surface area contributed by atoms with Crippen molar-refractivity contribution < 1.29 is 23.1 Å². The van der Waals surface area contributed by atoms with Gasteiger partial charge in [-0.15, -0.1) is 0 Å². The minimum absolute atomic E-state index is 0.0930. The van der Waals surface area contributed by atoms with Crippen LogP contribution in [0.5, 0.6) is 0 Å². The average Bonchev–Trinajstić information content (AvgIpc) is 2.21. The molecule has 0 aromatic rings. The van der Waals surface area contributed by atoms with Crippen LogP contribution in [0.3, 0.4) is 0 Å². The zero-order valence-electron chi connectivity index (χ0n) is 10.3. The molecule has 0 heterocycles. The Morgan fingerprint density at radius 1 is 1.33 bits per heavy atom. The number of nitrogens with one attached hydrogen (secondary N) is 2. The number of aliphatic carboxylic acids is 1. The molecule has 18 heavy (non-hydrogen) atoms.